The molecule has 2 rings (SSSR count). The first-order valence-electron chi connectivity index (χ1n) is 4.41. The number of amidine groups is 1. The van der Waals surface area contributed by atoms with E-state index < -0.39 is 0 Å². The second-order valence-electron chi connectivity index (χ2n) is 3.02. The van der Waals surface area contributed by atoms with Gasteiger partial charge in [0.05, 0.1) is 0 Å². The number of aliphatic imine (C=N–C) groups is 1. The third kappa shape index (κ3) is 1.37. The number of hydrogen-bond acceptors (Lipinski definition) is 3. The summed E-state index contributed by atoms with van der Waals surface area (Å²) in [6.07, 6.45) is 0.791. The normalized spacial score (nSPS) is 20.1. The van der Waals surface area contributed by atoms with Crippen LogP contribution in [0.1, 0.15) is 13.3 Å². The van der Waals surface area contributed by atoms with Crippen molar-refractivity contribution < 1.29 is 4.74 Å². The zero-order valence-electron chi connectivity index (χ0n) is 7.53. The van der Waals surface area contributed by atoms with E-state index in [0.29, 0.717) is 5.84 Å². The molecule has 0 amide bonds. The van der Waals surface area contributed by atoms with Crippen LogP contribution in [0.3, 0.4) is 0 Å². The van der Waals surface area contributed by atoms with E-state index in [2.05, 4.69) is 4.99 Å². The number of nitrogens with zero attached hydrogens (tertiary/aromatic N) is 1. The maximum absolute atomic E-state index is 5.73. The molecule has 1 aromatic rings. The highest BCUT2D eigenvalue weighted by Gasteiger charge is 2.19. The molecule has 1 aromatic carbocycles. The van der Waals surface area contributed by atoms with E-state index in [1.165, 1.54) is 0 Å². The van der Waals surface area contributed by atoms with Crippen LogP contribution in [-0.2, 0) is 0 Å². The van der Waals surface area contributed by atoms with Crippen LogP contribution in [0.2, 0.25) is 0 Å². The predicted octanol–water partition coefficient (Wildman–Crippen LogP) is 1.85. The molecule has 0 spiro atoms. The van der Waals surface area contributed by atoms with Crippen molar-refractivity contribution in [3.05, 3.63) is 24.3 Å². The Labute approximate surface area is 77.2 Å². The van der Waals surface area contributed by atoms with Crippen molar-refractivity contribution in [2.75, 3.05) is 0 Å². The molecular formula is C10H12N2O. The van der Waals surface area contributed by atoms with E-state index in [1.54, 1.807) is 0 Å². The van der Waals surface area contributed by atoms with Gasteiger partial charge in [-0.15, -0.1) is 0 Å². The number of benzene rings is 1. The molecule has 0 bridgehead atoms. The summed E-state index contributed by atoms with van der Waals surface area (Å²) in [5, 5.41) is 0. The van der Waals surface area contributed by atoms with Crippen LogP contribution in [0.15, 0.2) is 29.3 Å². The number of fused-ring (bicyclic) bond motifs is 1. The Morgan fingerprint density at radius 1 is 1.46 bits per heavy atom. The number of nitrogens with two attached hydrogens (primary N) is 1. The minimum absolute atomic E-state index is 0.0603. The first-order valence-corrected chi connectivity index (χ1v) is 4.41. The first-order chi connectivity index (χ1) is 6.31. The van der Waals surface area contributed by atoms with Crippen molar-refractivity contribution in [2.45, 2.75) is 19.4 Å². The predicted molar refractivity (Wildman–Crippen MR) is 52.4 cm³/mol. The molecule has 1 unspecified atom stereocenters. The topological polar surface area (TPSA) is 47.6 Å². The van der Waals surface area contributed by atoms with Gasteiger partial charge in [-0.25, -0.2) is 4.99 Å². The standard InChI is InChI=1S/C10H12N2O/c1-2-8-10(11)12-7-5-3-4-6-9(7)13-8/h3-6,8H,2H2,1H3,(H2,11,12). The smallest absolute Gasteiger partial charge is 0.155 e. The highest BCUT2D eigenvalue weighted by atomic mass is 16.5. The van der Waals surface area contributed by atoms with E-state index >= 15 is 0 Å². The monoisotopic (exact) mass is 176 g/mol. The zero-order valence-corrected chi connectivity index (χ0v) is 7.53. The maximum Gasteiger partial charge on any atom is 0.155 e. The Bertz CT molecular complexity index is 347. The van der Waals surface area contributed by atoms with Gasteiger partial charge in [-0.2, -0.15) is 0 Å². The van der Waals surface area contributed by atoms with Crippen molar-refractivity contribution in [3.8, 4) is 5.75 Å². The molecule has 0 saturated carbocycles. The summed E-state index contributed by atoms with van der Waals surface area (Å²) in [5.41, 5.74) is 6.55. The molecule has 0 fully saturated rings. The van der Waals surface area contributed by atoms with Crippen LogP contribution in [0.4, 0.5) is 5.69 Å². The van der Waals surface area contributed by atoms with Crippen molar-refractivity contribution in [2.24, 2.45) is 10.7 Å². The minimum Gasteiger partial charge on any atom is -0.480 e. The lowest BCUT2D eigenvalue weighted by Gasteiger charge is -2.22. The Balaban J connectivity index is 2.40. The molecule has 0 aromatic heterocycles. The molecule has 2 N–H and O–H groups in total. The molecule has 0 aliphatic carbocycles. The number of hydrogen-bond donors (Lipinski definition) is 1. The lowest BCUT2D eigenvalue weighted by atomic mass is 10.2. The Hall–Kier alpha value is -1.51. The SMILES string of the molecule is CCC1Oc2ccccc2N=C1N. The molecule has 3 nitrogen and oxygen atoms in total. The molecule has 0 saturated heterocycles. The van der Waals surface area contributed by atoms with Gasteiger partial charge in [-0.3, -0.25) is 0 Å². The summed E-state index contributed by atoms with van der Waals surface area (Å²) in [4.78, 5) is 4.27. The van der Waals surface area contributed by atoms with Crippen molar-refractivity contribution >= 4 is 11.5 Å². The van der Waals surface area contributed by atoms with Crippen LogP contribution in [-0.4, -0.2) is 11.9 Å². The van der Waals surface area contributed by atoms with Crippen molar-refractivity contribution in [3.63, 3.8) is 0 Å². The van der Waals surface area contributed by atoms with Crippen LogP contribution >= 0.6 is 0 Å². The van der Waals surface area contributed by atoms with Crippen molar-refractivity contribution in [1.29, 1.82) is 0 Å². The van der Waals surface area contributed by atoms with Gasteiger partial charge in [0.2, 0.25) is 0 Å². The quantitative estimate of drug-likeness (QED) is 0.709. The number of rotatable bonds is 1. The molecule has 1 atom stereocenters. The lowest BCUT2D eigenvalue weighted by molar-refractivity contribution is 0.257. The van der Waals surface area contributed by atoms with Crippen LogP contribution in [0.25, 0.3) is 0 Å². The van der Waals surface area contributed by atoms with Gasteiger partial charge in [-0.1, -0.05) is 19.1 Å². The van der Waals surface area contributed by atoms with Gasteiger partial charge >= 0.3 is 0 Å². The average Bonchev–Trinajstić information content (AvgIpc) is 2.17. The third-order valence-corrected chi connectivity index (χ3v) is 2.08. The highest BCUT2D eigenvalue weighted by molar-refractivity contribution is 5.89. The summed E-state index contributed by atoms with van der Waals surface area (Å²) in [7, 11) is 0. The van der Waals surface area contributed by atoms with Gasteiger partial charge in [0.25, 0.3) is 0 Å². The van der Waals surface area contributed by atoms with Crippen LogP contribution in [0, 0.1) is 0 Å². The molecule has 13 heavy (non-hydrogen) atoms. The van der Waals surface area contributed by atoms with Gasteiger partial charge in [0.1, 0.15) is 17.3 Å². The van der Waals surface area contributed by atoms with Crippen LogP contribution < -0.4 is 10.5 Å². The van der Waals surface area contributed by atoms with E-state index in [4.69, 9.17) is 10.5 Å². The summed E-state index contributed by atoms with van der Waals surface area (Å²) in [5.74, 6) is 1.39. The minimum atomic E-state index is -0.0603. The first kappa shape index (κ1) is 8.10. The molecule has 1 heterocycles. The van der Waals surface area contributed by atoms with Gasteiger partial charge in [-0.05, 0) is 18.6 Å². The lowest BCUT2D eigenvalue weighted by Crippen LogP contribution is -2.35. The van der Waals surface area contributed by atoms with E-state index in [-0.39, 0.29) is 6.10 Å². The Morgan fingerprint density at radius 2 is 2.23 bits per heavy atom. The molecule has 3 heteroatoms. The van der Waals surface area contributed by atoms with Gasteiger partial charge in [0, 0.05) is 0 Å². The van der Waals surface area contributed by atoms with E-state index in [0.717, 1.165) is 17.9 Å². The fourth-order valence-electron chi connectivity index (χ4n) is 1.37. The van der Waals surface area contributed by atoms with E-state index in [1.807, 2.05) is 31.2 Å². The number of para-hydroxylation sites is 2. The largest absolute Gasteiger partial charge is 0.480 e. The molecule has 1 aliphatic heterocycles. The molecule has 0 radical (unpaired) electrons. The maximum atomic E-state index is 5.73. The highest BCUT2D eigenvalue weighted by Crippen LogP contribution is 2.31. The Morgan fingerprint density at radius 3 is 3.00 bits per heavy atom. The molecule has 1 aliphatic rings. The summed E-state index contributed by atoms with van der Waals surface area (Å²) in [6.45, 7) is 2.03. The second kappa shape index (κ2) is 3.09. The number of ether oxygens (including phenoxy) is 1. The average molecular weight is 176 g/mol. The third-order valence-electron chi connectivity index (χ3n) is 2.08. The summed E-state index contributed by atoms with van der Waals surface area (Å²) >= 11 is 0. The summed E-state index contributed by atoms with van der Waals surface area (Å²) < 4.78 is 5.64. The van der Waals surface area contributed by atoms with Crippen molar-refractivity contribution in [1.82, 2.24) is 0 Å². The molecular weight excluding hydrogens is 164 g/mol. The van der Waals surface area contributed by atoms with Gasteiger partial charge in [0.15, 0.2) is 6.10 Å². The molecule has 68 valence electrons. The second-order valence-corrected chi connectivity index (χ2v) is 3.02. The van der Waals surface area contributed by atoms with E-state index in [9.17, 15) is 0 Å². The fourth-order valence-corrected chi connectivity index (χ4v) is 1.37. The summed E-state index contributed by atoms with van der Waals surface area (Å²) in [6, 6.07) is 7.66. The van der Waals surface area contributed by atoms with Crippen LogP contribution in [0.5, 0.6) is 5.75 Å². The fraction of sp³-hybridized carbons (Fsp3) is 0.300. The van der Waals surface area contributed by atoms with Gasteiger partial charge < -0.3 is 10.5 Å². The Kier molecular flexibility index (Phi) is 1.93. The zero-order chi connectivity index (χ0) is 9.26.